The first-order valence-electron chi connectivity index (χ1n) is 9.16. The summed E-state index contributed by atoms with van der Waals surface area (Å²) in [7, 11) is 0. The number of aliphatic hydroxyl groups is 1. The summed E-state index contributed by atoms with van der Waals surface area (Å²) in [6, 6.07) is 9.21. The number of benzene rings is 2. The van der Waals surface area contributed by atoms with Gasteiger partial charge in [-0.05, 0) is 50.3 Å². The molecule has 0 aromatic heterocycles. The molecular formula is C22H18F3NO4S. The number of aromatic hydroxyl groups is 1. The van der Waals surface area contributed by atoms with Crippen molar-refractivity contribution in [1.29, 1.82) is 0 Å². The van der Waals surface area contributed by atoms with Gasteiger partial charge in [0.2, 0.25) is 0 Å². The van der Waals surface area contributed by atoms with Gasteiger partial charge in [0.1, 0.15) is 22.1 Å². The molecule has 1 heterocycles. The molecule has 31 heavy (non-hydrogen) atoms. The summed E-state index contributed by atoms with van der Waals surface area (Å²) in [5.41, 5.74) is 0.0927. The Morgan fingerprint density at radius 2 is 1.94 bits per heavy atom. The molecule has 2 aromatic rings. The molecule has 1 aliphatic rings. The van der Waals surface area contributed by atoms with Crippen LogP contribution < -0.4 is 0 Å². The zero-order valence-electron chi connectivity index (χ0n) is 16.5. The monoisotopic (exact) mass is 449 g/mol. The van der Waals surface area contributed by atoms with Crippen molar-refractivity contribution in [3.05, 3.63) is 75.4 Å². The zero-order chi connectivity index (χ0) is 22.8. The van der Waals surface area contributed by atoms with Gasteiger partial charge in [0.25, 0.3) is 0 Å². The third-order valence-electron chi connectivity index (χ3n) is 4.24. The number of esters is 1. The minimum absolute atomic E-state index is 0.00586. The largest absolute Gasteiger partial charge is 0.507 e. The molecule has 0 amide bonds. The molecule has 0 saturated carbocycles. The second kappa shape index (κ2) is 8.89. The van der Waals surface area contributed by atoms with Crippen molar-refractivity contribution in [1.82, 2.24) is 0 Å². The van der Waals surface area contributed by atoms with Crippen LogP contribution in [0, 0.1) is 6.92 Å². The van der Waals surface area contributed by atoms with E-state index >= 15 is 0 Å². The lowest BCUT2D eigenvalue weighted by Gasteiger charge is -2.07. The van der Waals surface area contributed by atoms with Crippen molar-refractivity contribution in [2.24, 2.45) is 4.99 Å². The number of aliphatic imine (C=N–C) groups is 1. The average molecular weight is 449 g/mol. The van der Waals surface area contributed by atoms with Gasteiger partial charge in [-0.3, -0.25) is 0 Å². The third-order valence-corrected chi connectivity index (χ3v) is 5.26. The highest BCUT2D eigenvalue weighted by molar-refractivity contribution is 8.18. The van der Waals surface area contributed by atoms with E-state index in [4.69, 9.17) is 4.74 Å². The molecule has 3 rings (SSSR count). The van der Waals surface area contributed by atoms with Gasteiger partial charge in [0, 0.05) is 5.56 Å². The smallest absolute Gasteiger partial charge is 0.416 e. The number of ether oxygens (including phenoxy) is 1. The number of rotatable bonds is 4. The first-order valence-corrected chi connectivity index (χ1v) is 9.98. The summed E-state index contributed by atoms with van der Waals surface area (Å²) in [4.78, 5) is 16.8. The molecular weight excluding hydrogens is 431 g/mol. The molecule has 5 nitrogen and oxygen atoms in total. The van der Waals surface area contributed by atoms with Crippen LogP contribution in [0.3, 0.4) is 0 Å². The first kappa shape index (κ1) is 22.5. The maximum Gasteiger partial charge on any atom is 0.416 e. The van der Waals surface area contributed by atoms with Crippen molar-refractivity contribution >= 4 is 34.5 Å². The minimum Gasteiger partial charge on any atom is -0.507 e. The Labute approximate surface area is 180 Å². The van der Waals surface area contributed by atoms with E-state index < -0.39 is 23.5 Å². The van der Waals surface area contributed by atoms with Crippen LogP contribution in [0.1, 0.15) is 23.6 Å². The van der Waals surface area contributed by atoms with Crippen LogP contribution in [-0.4, -0.2) is 27.8 Å². The normalized spacial score (nSPS) is 16.9. The van der Waals surface area contributed by atoms with Gasteiger partial charge in [-0.1, -0.05) is 29.5 Å². The topological polar surface area (TPSA) is 79.1 Å². The highest BCUT2D eigenvalue weighted by atomic mass is 32.2. The van der Waals surface area contributed by atoms with Crippen LogP contribution in [-0.2, 0) is 15.7 Å². The van der Waals surface area contributed by atoms with Crippen molar-refractivity contribution < 1.29 is 32.9 Å². The van der Waals surface area contributed by atoms with Gasteiger partial charge >= 0.3 is 12.1 Å². The molecule has 0 unspecified atom stereocenters. The molecule has 0 radical (unpaired) electrons. The summed E-state index contributed by atoms with van der Waals surface area (Å²) in [6.45, 7) is 3.45. The Bertz CT molecular complexity index is 1120. The Hall–Kier alpha value is -3.20. The van der Waals surface area contributed by atoms with E-state index in [0.717, 1.165) is 29.5 Å². The first-order chi connectivity index (χ1) is 14.6. The number of hydrogen-bond donors (Lipinski definition) is 2. The number of carbonyl (C=O) groups is 1. The second-order valence-electron chi connectivity index (χ2n) is 6.58. The lowest BCUT2D eigenvalue weighted by Crippen LogP contribution is -2.13. The van der Waals surface area contributed by atoms with E-state index in [2.05, 4.69) is 4.99 Å². The number of halogens is 3. The number of phenolic OH excluding ortho intramolecular Hbond substituents is 1. The van der Waals surface area contributed by atoms with Crippen LogP contribution >= 0.6 is 11.8 Å². The molecule has 0 bridgehead atoms. The van der Waals surface area contributed by atoms with Crippen LogP contribution in [0.2, 0.25) is 0 Å². The number of carbonyl (C=O) groups excluding carboxylic acids is 1. The van der Waals surface area contributed by atoms with Gasteiger partial charge in [0.05, 0.1) is 22.8 Å². The quantitative estimate of drug-likeness (QED) is 0.567. The van der Waals surface area contributed by atoms with Gasteiger partial charge in [-0.15, -0.1) is 0 Å². The molecule has 0 atom stereocenters. The number of nitrogens with zero attached hydrogens (tertiary/aromatic N) is 1. The van der Waals surface area contributed by atoms with Crippen LogP contribution in [0.25, 0.3) is 6.08 Å². The Kier molecular flexibility index (Phi) is 6.45. The second-order valence-corrected chi connectivity index (χ2v) is 7.61. The number of aryl methyl sites for hydroxylation is 1. The van der Waals surface area contributed by atoms with Crippen LogP contribution in [0.15, 0.2) is 63.7 Å². The molecule has 1 aliphatic heterocycles. The molecule has 9 heteroatoms. The third kappa shape index (κ3) is 5.11. The molecule has 0 aliphatic carbocycles. The maximum absolute atomic E-state index is 13.0. The van der Waals surface area contributed by atoms with Crippen molar-refractivity contribution in [3.8, 4) is 5.75 Å². The summed E-state index contributed by atoms with van der Waals surface area (Å²) >= 11 is 0.892. The predicted octanol–water partition coefficient (Wildman–Crippen LogP) is 5.91. The Morgan fingerprint density at radius 1 is 1.19 bits per heavy atom. The summed E-state index contributed by atoms with van der Waals surface area (Å²) in [6.07, 6.45) is -3.08. The van der Waals surface area contributed by atoms with Crippen molar-refractivity contribution in [2.45, 2.75) is 20.0 Å². The number of thioether (sulfide) groups is 1. The highest BCUT2D eigenvalue weighted by Gasteiger charge is 2.34. The number of phenols is 1. The van der Waals surface area contributed by atoms with Crippen LogP contribution in [0.5, 0.6) is 5.75 Å². The fraction of sp³-hybridized carbons (Fsp3) is 0.182. The van der Waals surface area contributed by atoms with E-state index in [9.17, 15) is 28.2 Å². The molecule has 162 valence electrons. The minimum atomic E-state index is -4.55. The van der Waals surface area contributed by atoms with Gasteiger partial charge in [0.15, 0.2) is 0 Å². The van der Waals surface area contributed by atoms with Gasteiger partial charge < -0.3 is 14.9 Å². The Balaban J connectivity index is 2.08. The molecule has 0 spiro atoms. The number of aliphatic hydroxyl groups excluding tert-OH is 1. The fourth-order valence-electron chi connectivity index (χ4n) is 2.79. The van der Waals surface area contributed by atoms with Crippen molar-refractivity contribution in [3.63, 3.8) is 0 Å². The fourth-order valence-corrected chi connectivity index (χ4v) is 3.82. The summed E-state index contributed by atoms with van der Waals surface area (Å²) < 4.78 is 44.0. The zero-order valence-corrected chi connectivity index (χ0v) is 17.3. The van der Waals surface area contributed by atoms with E-state index in [1.54, 1.807) is 19.1 Å². The van der Waals surface area contributed by atoms with Gasteiger partial charge in [-0.2, -0.15) is 13.2 Å². The summed E-state index contributed by atoms with van der Waals surface area (Å²) in [5.74, 6) is -1.31. The predicted molar refractivity (Wildman–Crippen MR) is 113 cm³/mol. The van der Waals surface area contributed by atoms with Gasteiger partial charge in [-0.25, -0.2) is 9.79 Å². The SMILES string of the molecule is CCOC(=O)C1=C(O)/C(=C\c2cc(C)ccc2O)SC1=Nc1cccc(C(F)(F)F)c1. The lowest BCUT2D eigenvalue weighted by atomic mass is 10.1. The molecule has 2 aromatic carbocycles. The van der Waals surface area contributed by atoms with E-state index in [0.29, 0.717) is 5.56 Å². The standard InChI is InChI=1S/C22H18F3NO4S/c1-3-30-21(29)18-19(28)17(10-13-9-12(2)7-8-16(13)27)31-20(18)26-15-6-4-5-14(11-15)22(23,24)25/h4-11,27-28H,3H2,1-2H3/b17-10+,26-20?. The van der Waals surface area contributed by atoms with E-state index in [1.165, 1.54) is 24.3 Å². The number of hydrogen-bond acceptors (Lipinski definition) is 6. The Morgan fingerprint density at radius 3 is 2.61 bits per heavy atom. The van der Waals surface area contributed by atoms with E-state index in [-0.39, 0.29) is 33.6 Å². The van der Waals surface area contributed by atoms with Crippen LogP contribution in [0.4, 0.5) is 18.9 Å². The van der Waals surface area contributed by atoms with E-state index in [1.807, 2.05) is 6.92 Å². The molecule has 0 fully saturated rings. The highest BCUT2D eigenvalue weighted by Crippen LogP contribution is 2.41. The molecule has 0 saturated heterocycles. The van der Waals surface area contributed by atoms with Crippen molar-refractivity contribution in [2.75, 3.05) is 6.61 Å². The number of alkyl halides is 3. The molecule has 2 N–H and O–H groups in total. The lowest BCUT2D eigenvalue weighted by molar-refractivity contribution is -0.138. The summed E-state index contributed by atoms with van der Waals surface area (Å²) in [5, 5.41) is 20.7. The maximum atomic E-state index is 13.0. The average Bonchev–Trinajstić information content (AvgIpc) is 2.99.